The van der Waals surface area contributed by atoms with Crippen LogP contribution in [0.2, 0.25) is 0 Å². The van der Waals surface area contributed by atoms with E-state index in [1.807, 2.05) is 11.3 Å². The van der Waals surface area contributed by atoms with E-state index in [1.54, 1.807) is 0 Å². The zero-order valence-electron chi connectivity index (χ0n) is 30.8. The molecule has 5 heteroatoms. The van der Waals surface area contributed by atoms with E-state index >= 15 is 0 Å². The van der Waals surface area contributed by atoms with Crippen LogP contribution in [0, 0.1) is 0 Å². The monoisotopic (exact) mass is 805 g/mol. The Morgan fingerprint density at radius 2 is 1.04 bits per heavy atom. The van der Waals surface area contributed by atoms with Gasteiger partial charge in [-0.1, -0.05) is 24.3 Å². The van der Waals surface area contributed by atoms with E-state index < -0.39 is 13.3 Å². The number of rotatable bonds is 5. The van der Waals surface area contributed by atoms with E-state index in [0.29, 0.717) is 0 Å². The molecule has 3 aromatic heterocycles. The average molecular weight is 805 g/mol. The van der Waals surface area contributed by atoms with Crippen LogP contribution in [0.4, 0.5) is 0 Å². The number of fused-ring (bicyclic) bond motifs is 9. The fourth-order valence-corrected chi connectivity index (χ4v) is 21.6. The quantitative estimate of drug-likeness (QED) is 0.162. The molecule has 8 aromatic carbocycles. The van der Waals surface area contributed by atoms with Crippen LogP contribution in [0.25, 0.3) is 81.6 Å². The first-order valence-electron chi connectivity index (χ1n) is 19.4. The van der Waals surface area contributed by atoms with Crippen molar-refractivity contribution in [3.05, 3.63) is 200 Å². The molecule has 0 unspecified atom stereocenters. The Hall–Kier alpha value is -6.60. The Labute approximate surface area is 336 Å². The molecule has 12 rings (SSSR count). The van der Waals surface area contributed by atoms with Gasteiger partial charge in [-0.05, 0) is 6.07 Å². The van der Waals surface area contributed by atoms with Crippen molar-refractivity contribution in [1.82, 2.24) is 14.5 Å². The Morgan fingerprint density at radius 1 is 0.421 bits per heavy atom. The van der Waals surface area contributed by atoms with E-state index in [4.69, 9.17) is 9.97 Å². The third kappa shape index (κ3) is 4.78. The number of hydrogen-bond acceptors (Lipinski definition) is 3. The fourth-order valence-electron chi connectivity index (χ4n) is 9.46. The molecular weight excluding hydrogens is 771 g/mol. The molecule has 11 aromatic rings. The third-order valence-corrected chi connectivity index (χ3v) is 23.2. The van der Waals surface area contributed by atoms with Gasteiger partial charge in [0.15, 0.2) is 0 Å². The van der Waals surface area contributed by atoms with Crippen molar-refractivity contribution >= 4 is 84.2 Å². The molecule has 3 nitrogen and oxygen atoms in total. The molecule has 0 saturated carbocycles. The van der Waals surface area contributed by atoms with Crippen LogP contribution in [0.15, 0.2) is 200 Å². The van der Waals surface area contributed by atoms with Gasteiger partial charge in [-0.25, -0.2) is 0 Å². The number of hydrogen-bond donors (Lipinski definition) is 0. The molecule has 0 amide bonds. The van der Waals surface area contributed by atoms with Crippen molar-refractivity contribution in [3.8, 4) is 39.6 Å². The summed E-state index contributed by atoms with van der Waals surface area (Å²) in [4.78, 5) is 11.2. The van der Waals surface area contributed by atoms with E-state index in [-0.39, 0.29) is 0 Å². The molecule has 0 saturated heterocycles. The second-order valence-electron chi connectivity index (χ2n) is 14.9. The van der Waals surface area contributed by atoms with Gasteiger partial charge in [0.25, 0.3) is 0 Å². The summed E-state index contributed by atoms with van der Waals surface area (Å²) in [5.41, 5.74) is 8.92. The molecule has 0 spiro atoms. The Balaban J connectivity index is 1.08. The summed E-state index contributed by atoms with van der Waals surface area (Å²) in [6.07, 6.45) is 0. The van der Waals surface area contributed by atoms with E-state index in [1.165, 1.54) is 65.1 Å². The first-order chi connectivity index (χ1) is 28.3. The van der Waals surface area contributed by atoms with Crippen LogP contribution in [0.3, 0.4) is 0 Å². The van der Waals surface area contributed by atoms with Crippen LogP contribution < -0.4 is 17.6 Å². The van der Waals surface area contributed by atoms with E-state index in [2.05, 4.69) is 205 Å². The minimum absolute atomic E-state index is 0.738. The molecule has 0 N–H and O–H groups in total. The molecule has 266 valence electrons. The summed E-state index contributed by atoms with van der Waals surface area (Å²) in [5.74, 6) is 0.738. The van der Waals surface area contributed by atoms with Crippen LogP contribution in [-0.4, -0.2) is 27.8 Å². The molecule has 0 aliphatic carbocycles. The van der Waals surface area contributed by atoms with Gasteiger partial charge in [0.05, 0.1) is 0 Å². The summed E-state index contributed by atoms with van der Waals surface area (Å²) in [6.45, 7) is 0. The standard InChI is InChI=1S/C52H33GeN3S/c1-4-16-34(17-5-1)50-49-51(41-24-10-13-25-44(41)53(49,36-18-6-2-7-19-36)37-20-8-3-9-21-37)55-52(54-50)35-28-30-38(31-29-35)56-45-26-14-11-22-39(45)42-33-48-43(32-46(42)56)40-23-12-15-27-47(40)57-48/h1-33H. The summed E-state index contributed by atoms with van der Waals surface area (Å²) in [5, 5.41) is 5.14. The van der Waals surface area contributed by atoms with Gasteiger partial charge in [0.1, 0.15) is 0 Å². The number of nitrogens with zero attached hydrogens (tertiary/aromatic N) is 3. The number of benzene rings is 8. The normalized spacial score (nSPS) is 13.1. The van der Waals surface area contributed by atoms with E-state index in [9.17, 15) is 0 Å². The van der Waals surface area contributed by atoms with Gasteiger partial charge >= 0.3 is 282 Å². The summed E-state index contributed by atoms with van der Waals surface area (Å²) in [7, 11) is 0. The molecule has 0 atom stereocenters. The molecule has 1 aliphatic rings. The van der Waals surface area contributed by atoms with Crippen molar-refractivity contribution in [2.45, 2.75) is 0 Å². The Kier molecular flexibility index (Phi) is 7.28. The van der Waals surface area contributed by atoms with Crippen LogP contribution in [0.1, 0.15) is 0 Å². The first-order valence-corrected chi connectivity index (χ1v) is 24.4. The predicted molar refractivity (Wildman–Crippen MR) is 243 cm³/mol. The van der Waals surface area contributed by atoms with Gasteiger partial charge < -0.3 is 0 Å². The average Bonchev–Trinajstić information content (AvgIpc) is 3.92. The fraction of sp³-hybridized carbons (Fsp3) is 0. The van der Waals surface area contributed by atoms with Gasteiger partial charge in [0, 0.05) is 14.8 Å². The predicted octanol–water partition coefficient (Wildman–Crippen LogP) is 10.6. The molecule has 1 aliphatic heterocycles. The molecule has 0 fully saturated rings. The first kappa shape index (κ1) is 32.6. The van der Waals surface area contributed by atoms with Crippen molar-refractivity contribution in [2.24, 2.45) is 0 Å². The second-order valence-corrected chi connectivity index (χ2v) is 23.7. The summed E-state index contributed by atoms with van der Waals surface area (Å²) < 4.78 is 10.5. The SMILES string of the molecule is c1ccc(-c2nc(-c3ccc(-n4c5ccccc5c5cc6sc7ccccc7c6cc54)cc3)nc3[c]2[Ge]([c]2ccccc2)([c]2ccccc2)[c]2ccccc2-3)cc1. The minimum atomic E-state index is -3.61. The van der Waals surface area contributed by atoms with Gasteiger partial charge in [-0.15, -0.1) is 11.3 Å². The maximum atomic E-state index is 5.59. The Morgan fingerprint density at radius 3 is 1.79 bits per heavy atom. The van der Waals surface area contributed by atoms with Crippen molar-refractivity contribution < 1.29 is 0 Å². The zero-order valence-corrected chi connectivity index (χ0v) is 33.7. The van der Waals surface area contributed by atoms with Gasteiger partial charge in [-0.2, -0.15) is 0 Å². The molecule has 57 heavy (non-hydrogen) atoms. The van der Waals surface area contributed by atoms with Gasteiger partial charge in [0.2, 0.25) is 0 Å². The van der Waals surface area contributed by atoms with Crippen molar-refractivity contribution in [2.75, 3.05) is 0 Å². The molecular formula is C52H33GeN3S. The Bertz CT molecular complexity index is 3300. The third-order valence-electron chi connectivity index (χ3n) is 11.9. The number of aromatic nitrogens is 3. The number of thiophene rings is 1. The van der Waals surface area contributed by atoms with Crippen molar-refractivity contribution in [3.63, 3.8) is 0 Å². The maximum absolute atomic E-state index is 5.59. The summed E-state index contributed by atoms with van der Waals surface area (Å²) in [6, 6.07) is 73.2. The zero-order chi connectivity index (χ0) is 37.5. The van der Waals surface area contributed by atoms with E-state index in [0.717, 1.165) is 34.0 Å². The molecule has 4 heterocycles. The van der Waals surface area contributed by atoms with Crippen LogP contribution in [0.5, 0.6) is 0 Å². The van der Waals surface area contributed by atoms with Crippen LogP contribution >= 0.6 is 11.3 Å². The topological polar surface area (TPSA) is 30.7 Å². The second kappa shape index (κ2) is 12.7. The molecule has 0 bridgehead atoms. The van der Waals surface area contributed by atoms with Crippen LogP contribution in [-0.2, 0) is 0 Å². The summed E-state index contributed by atoms with van der Waals surface area (Å²) >= 11 is -1.74. The van der Waals surface area contributed by atoms with Gasteiger partial charge in [-0.3, -0.25) is 0 Å². The molecule has 0 radical (unpaired) electrons. The number of para-hydroxylation sites is 1. The van der Waals surface area contributed by atoms with Crippen molar-refractivity contribution in [1.29, 1.82) is 0 Å².